The van der Waals surface area contributed by atoms with Gasteiger partial charge in [-0.3, -0.25) is 9.69 Å². The van der Waals surface area contributed by atoms with Gasteiger partial charge in [-0.1, -0.05) is 30.3 Å². The average molecular weight is 614 g/mol. The van der Waals surface area contributed by atoms with Crippen molar-refractivity contribution in [3.8, 4) is 5.75 Å². The Morgan fingerprint density at radius 2 is 1.84 bits per heavy atom. The van der Waals surface area contributed by atoms with Crippen LogP contribution in [0.2, 0.25) is 0 Å². The SMILES string of the molecule is O=C(/C=C/C(F)(F)CCCCN1CCOCC1)Nc1ccc2ncnc(N3CCc4cc(OCc5ccccc5)ccc43)c2c1. The predicted molar refractivity (Wildman–Crippen MR) is 171 cm³/mol. The number of ether oxygens (including phenoxy) is 2. The first kappa shape index (κ1) is 30.6. The number of rotatable bonds is 12. The highest BCUT2D eigenvalue weighted by molar-refractivity contribution is 6.02. The smallest absolute Gasteiger partial charge is 0.266 e. The molecule has 6 rings (SSSR count). The van der Waals surface area contributed by atoms with Gasteiger partial charge in [-0.2, -0.15) is 0 Å². The molecule has 234 valence electrons. The van der Waals surface area contributed by atoms with Crippen molar-refractivity contribution in [3.05, 3.63) is 96.3 Å². The van der Waals surface area contributed by atoms with Crippen LogP contribution >= 0.6 is 0 Å². The molecule has 1 saturated heterocycles. The molecular formula is C35H37F2N5O3. The number of hydrogen-bond donors (Lipinski definition) is 1. The van der Waals surface area contributed by atoms with Crippen LogP contribution in [0.5, 0.6) is 5.75 Å². The molecule has 1 aromatic heterocycles. The van der Waals surface area contributed by atoms with Crippen LogP contribution in [0.15, 0.2) is 85.2 Å². The van der Waals surface area contributed by atoms with Gasteiger partial charge in [-0.05, 0) is 79.4 Å². The standard InChI is InChI=1S/C35H37F2N5O3/c36-35(37,14-4-5-16-41-18-20-44-21-19-41)15-12-33(43)40-28-8-10-31-30(23-28)34(39-25-38-31)42-17-13-27-22-29(9-11-32(27)42)45-24-26-6-2-1-3-7-26/h1-3,6-12,15,22-23,25H,4-5,13-14,16-21,24H2,(H,40,43)/b15-12+. The fraction of sp³-hybridized carbons (Fsp3) is 0.343. The van der Waals surface area contributed by atoms with Crippen molar-refractivity contribution in [2.45, 2.75) is 38.2 Å². The summed E-state index contributed by atoms with van der Waals surface area (Å²) in [5.41, 5.74) is 4.49. The van der Waals surface area contributed by atoms with E-state index >= 15 is 0 Å². The number of carbonyl (C=O) groups is 1. The topological polar surface area (TPSA) is 79.8 Å². The van der Waals surface area contributed by atoms with Crippen LogP contribution in [-0.2, 0) is 22.6 Å². The zero-order valence-electron chi connectivity index (χ0n) is 25.1. The maximum atomic E-state index is 14.5. The summed E-state index contributed by atoms with van der Waals surface area (Å²) in [7, 11) is 0. The van der Waals surface area contributed by atoms with Crippen molar-refractivity contribution in [2.24, 2.45) is 0 Å². The number of unbranched alkanes of at least 4 members (excludes halogenated alkanes) is 1. The summed E-state index contributed by atoms with van der Waals surface area (Å²) in [5, 5.41) is 3.47. The number of anilines is 3. The molecule has 4 aromatic rings. The molecule has 1 fully saturated rings. The van der Waals surface area contributed by atoms with Crippen LogP contribution in [0.4, 0.5) is 26.0 Å². The number of hydrogen-bond acceptors (Lipinski definition) is 7. The lowest BCUT2D eigenvalue weighted by molar-refractivity contribution is -0.112. The van der Waals surface area contributed by atoms with Crippen LogP contribution in [0.25, 0.3) is 10.9 Å². The summed E-state index contributed by atoms with van der Waals surface area (Å²) in [6, 6.07) is 21.4. The van der Waals surface area contributed by atoms with Crippen LogP contribution in [-0.4, -0.2) is 66.1 Å². The zero-order chi connectivity index (χ0) is 31.1. The minimum atomic E-state index is -3.05. The molecule has 0 bridgehead atoms. The van der Waals surface area contributed by atoms with E-state index in [-0.39, 0.29) is 6.42 Å². The van der Waals surface area contributed by atoms with Crippen molar-refractivity contribution < 1.29 is 23.0 Å². The quantitative estimate of drug-likeness (QED) is 0.144. The van der Waals surface area contributed by atoms with E-state index in [1.807, 2.05) is 42.5 Å². The van der Waals surface area contributed by atoms with Gasteiger partial charge in [0.05, 0.1) is 18.7 Å². The third kappa shape index (κ3) is 8.01. The van der Waals surface area contributed by atoms with Gasteiger partial charge in [0, 0.05) is 48.9 Å². The number of halogens is 2. The molecule has 1 amide bonds. The number of nitrogens with one attached hydrogen (secondary N) is 1. The number of alkyl halides is 2. The molecule has 10 heteroatoms. The second-order valence-electron chi connectivity index (χ2n) is 11.4. The Labute approximate surface area is 261 Å². The number of morpholine rings is 1. The summed E-state index contributed by atoms with van der Waals surface area (Å²) >= 11 is 0. The molecule has 0 atom stereocenters. The molecule has 0 unspecified atom stereocenters. The Morgan fingerprint density at radius 3 is 2.69 bits per heavy atom. The van der Waals surface area contributed by atoms with Crippen molar-refractivity contribution in [1.29, 1.82) is 0 Å². The van der Waals surface area contributed by atoms with Crippen molar-refractivity contribution in [3.63, 3.8) is 0 Å². The summed E-state index contributed by atoms with van der Waals surface area (Å²) in [6.45, 7) is 5.08. The molecule has 0 saturated carbocycles. The van der Waals surface area contributed by atoms with Crippen LogP contribution in [0, 0.1) is 0 Å². The molecule has 8 nitrogen and oxygen atoms in total. The van der Waals surface area contributed by atoms with Crippen molar-refractivity contribution in [1.82, 2.24) is 14.9 Å². The maximum absolute atomic E-state index is 14.5. The Bertz CT molecular complexity index is 1640. The minimum absolute atomic E-state index is 0.296. The van der Waals surface area contributed by atoms with Gasteiger partial charge in [-0.15, -0.1) is 0 Å². The second kappa shape index (κ2) is 14.1. The van der Waals surface area contributed by atoms with Gasteiger partial charge in [0.2, 0.25) is 5.91 Å². The molecule has 45 heavy (non-hydrogen) atoms. The van der Waals surface area contributed by atoms with Crippen LogP contribution in [0.3, 0.4) is 0 Å². The van der Waals surface area contributed by atoms with E-state index in [4.69, 9.17) is 9.47 Å². The van der Waals surface area contributed by atoms with E-state index in [0.717, 1.165) is 66.6 Å². The van der Waals surface area contributed by atoms with E-state index in [2.05, 4.69) is 31.2 Å². The number of carbonyl (C=O) groups excluding carboxylic acids is 1. The van der Waals surface area contributed by atoms with E-state index in [1.54, 1.807) is 18.2 Å². The summed E-state index contributed by atoms with van der Waals surface area (Å²) in [5.74, 6) is -2.15. The van der Waals surface area contributed by atoms with E-state index in [9.17, 15) is 13.6 Å². The monoisotopic (exact) mass is 613 g/mol. The van der Waals surface area contributed by atoms with Gasteiger partial charge >= 0.3 is 0 Å². The first-order valence-corrected chi connectivity index (χ1v) is 15.4. The molecule has 3 aromatic carbocycles. The number of aromatic nitrogens is 2. The number of amides is 1. The van der Waals surface area contributed by atoms with Gasteiger partial charge in [0.1, 0.15) is 24.5 Å². The van der Waals surface area contributed by atoms with Gasteiger partial charge < -0.3 is 19.7 Å². The van der Waals surface area contributed by atoms with Crippen molar-refractivity contribution in [2.75, 3.05) is 49.6 Å². The third-order valence-electron chi connectivity index (χ3n) is 8.15. The number of fused-ring (bicyclic) bond motifs is 2. The normalized spacial score (nSPS) is 15.5. The molecule has 2 aliphatic rings. The maximum Gasteiger partial charge on any atom is 0.266 e. The zero-order valence-corrected chi connectivity index (χ0v) is 25.1. The number of allylic oxidation sites excluding steroid dienone is 1. The summed E-state index contributed by atoms with van der Waals surface area (Å²) < 4.78 is 40.3. The van der Waals surface area contributed by atoms with E-state index < -0.39 is 11.8 Å². The highest BCUT2D eigenvalue weighted by atomic mass is 19.3. The number of benzene rings is 3. The first-order valence-electron chi connectivity index (χ1n) is 15.4. The highest BCUT2D eigenvalue weighted by Gasteiger charge is 2.26. The predicted octanol–water partition coefficient (Wildman–Crippen LogP) is 6.54. The van der Waals surface area contributed by atoms with Crippen LogP contribution in [0.1, 0.15) is 30.4 Å². The number of nitrogens with zero attached hydrogens (tertiary/aromatic N) is 4. The van der Waals surface area contributed by atoms with E-state index in [0.29, 0.717) is 55.8 Å². The Balaban J connectivity index is 1.08. The molecule has 0 aliphatic carbocycles. The molecule has 0 radical (unpaired) electrons. The van der Waals surface area contributed by atoms with E-state index in [1.165, 1.54) is 6.33 Å². The summed E-state index contributed by atoms with van der Waals surface area (Å²) in [6.07, 6.45) is 4.74. The minimum Gasteiger partial charge on any atom is -0.489 e. The largest absolute Gasteiger partial charge is 0.489 e. The molecule has 1 N–H and O–H groups in total. The van der Waals surface area contributed by atoms with Crippen molar-refractivity contribution >= 4 is 34.0 Å². The fourth-order valence-corrected chi connectivity index (χ4v) is 5.75. The Morgan fingerprint density at radius 1 is 1.00 bits per heavy atom. The highest BCUT2D eigenvalue weighted by Crippen LogP contribution is 2.38. The second-order valence-corrected chi connectivity index (χ2v) is 11.4. The third-order valence-corrected chi connectivity index (χ3v) is 8.15. The Hall–Kier alpha value is -4.41. The van der Waals surface area contributed by atoms with Gasteiger partial charge in [0.15, 0.2) is 0 Å². The Kier molecular flexibility index (Phi) is 9.61. The van der Waals surface area contributed by atoms with Gasteiger partial charge in [-0.25, -0.2) is 18.7 Å². The molecular weight excluding hydrogens is 576 g/mol. The molecule has 2 aliphatic heterocycles. The molecule has 0 spiro atoms. The average Bonchev–Trinajstić information content (AvgIpc) is 3.49. The van der Waals surface area contributed by atoms with Gasteiger partial charge in [0.25, 0.3) is 5.92 Å². The fourth-order valence-electron chi connectivity index (χ4n) is 5.75. The lowest BCUT2D eigenvalue weighted by Gasteiger charge is -2.26. The lowest BCUT2D eigenvalue weighted by atomic mass is 10.1. The van der Waals surface area contributed by atoms with Crippen LogP contribution < -0.4 is 15.0 Å². The lowest BCUT2D eigenvalue weighted by Crippen LogP contribution is -2.36. The summed E-state index contributed by atoms with van der Waals surface area (Å²) in [4.78, 5) is 26.0. The molecule has 3 heterocycles. The first-order chi connectivity index (χ1) is 21.9.